The number of H-pyrrole nitrogens is 1. The SMILES string of the molecule is Nc1nc2c(ncp2C2CCC(CO)O2)c(=O)[nH]1. The van der Waals surface area contributed by atoms with Crippen molar-refractivity contribution in [1.29, 1.82) is 0 Å². The van der Waals surface area contributed by atoms with Gasteiger partial charge in [-0.05, 0) is 20.4 Å². The summed E-state index contributed by atoms with van der Waals surface area (Å²) in [6.07, 6.45) is 1.55. The van der Waals surface area contributed by atoms with Gasteiger partial charge in [0.15, 0.2) is 5.52 Å². The van der Waals surface area contributed by atoms with E-state index in [1.807, 2.05) is 0 Å². The molecule has 1 aliphatic rings. The van der Waals surface area contributed by atoms with Gasteiger partial charge in [-0.3, -0.25) is 9.78 Å². The van der Waals surface area contributed by atoms with Crippen molar-refractivity contribution in [2.45, 2.75) is 24.8 Å². The first-order chi connectivity index (χ1) is 8.69. The van der Waals surface area contributed by atoms with Crippen molar-refractivity contribution < 1.29 is 9.84 Å². The topological polar surface area (TPSA) is 114 Å². The maximum atomic E-state index is 11.7. The first-order valence-electron chi connectivity index (χ1n) is 5.67. The molecule has 0 radical (unpaired) electrons. The Morgan fingerprint density at radius 3 is 3.17 bits per heavy atom. The summed E-state index contributed by atoms with van der Waals surface area (Å²) in [6.45, 7) is 0.0224. The molecule has 3 unspecified atom stereocenters. The minimum absolute atomic E-state index is 0.0224. The minimum atomic E-state index is -0.863. The number of hydrogen-bond donors (Lipinski definition) is 3. The molecule has 18 heavy (non-hydrogen) atoms. The molecule has 0 saturated carbocycles. The van der Waals surface area contributed by atoms with Crippen LogP contribution in [0.3, 0.4) is 0 Å². The molecule has 7 nitrogen and oxygen atoms in total. The number of aliphatic hydroxyl groups is 1. The average molecular weight is 268 g/mol. The Morgan fingerprint density at radius 1 is 1.61 bits per heavy atom. The minimum Gasteiger partial charge on any atom is -0.394 e. The Labute approximate surface area is 103 Å². The summed E-state index contributed by atoms with van der Waals surface area (Å²) < 4.78 is 5.73. The lowest BCUT2D eigenvalue weighted by molar-refractivity contribution is 0.0308. The molecule has 1 fully saturated rings. The van der Waals surface area contributed by atoms with Gasteiger partial charge in [0, 0.05) is 0 Å². The molecule has 0 bridgehead atoms. The molecule has 2 aromatic rings. The number of fused-ring (bicyclic) bond motifs is 1. The normalized spacial score (nSPS) is 24.8. The molecule has 8 heteroatoms. The van der Waals surface area contributed by atoms with E-state index >= 15 is 0 Å². The van der Waals surface area contributed by atoms with Crippen LogP contribution in [-0.2, 0) is 4.74 Å². The highest BCUT2D eigenvalue weighted by molar-refractivity contribution is 7.54. The van der Waals surface area contributed by atoms with Gasteiger partial charge in [-0.25, -0.2) is 9.97 Å². The van der Waals surface area contributed by atoms with Crippen LogP contribution in [0.15, 0.2) is 10.7 Å². The molecule has 2 aromatic heterocycles. The first kappa shape index (κ1) is 11.6. The van der Waals surface area contributed by atoms with Crippen molar-refractivity contribution in [3.05, 3.63) is 16.3 Å². The van der Waals surface area contributed by atoms with Gasteiger partial charge >= 0.3 is 0 Å². The summed E-state index contributed by atoms with van der Waals surface area (Å²) in [5, 5.41) is 9.70. The van der Waals surface area contributed by atoms with Crippen LogP contribution in [0.4, 0.5) is 5.95 Å². The summed E-state index contributed by atoms with van der Waals surface area (Å²) in [5.74, 6) is 1.82. The van der Waals surface area contributed by atoms with E-state index in [0.29, 0.717) is 10.8 Å². The second-order valence-electron chi connectivity index (χ2n) is 4.25. The maximum absolute atomic E-state index is 11.7. The van der Waals surface area contributed by atoms with Gasteiger partial charge in [0.25, 0.3) is 5.56 Å². The molecule has 4 N–H and O–H groups in total. The fourth-order valence-electron chi connectivity index (χ4n) is 2.18. The van der Waals surface area contributed by atoms with Crippen molar-refractivity contribution in [1.82, 2.24) is 15.0 Å². The molecule has 1 aliphatic heterocycles. The van der Waals surface area contributed by atoms with E-state index in [2.05, 4.69) is 15.0 Å². The van der Waals surface area contributed by atoms with Gasteiger partial charge in [0.05, 0.1) is 24.5 Å². The third kappa shape index (κ3) is 1.80. The third-order valence-corrected chi connectivity index (χ3v) is 5.22. The number of aromatic amines is 1. The van der Waals surface area contributed by atoms with E-state index in [1.165, 1.54) is 0 Å². The van der Waals surface area contributed by atoms with Crippen molar-refractivity contribution in [2.24, 2.45) is 0 Å². The number of aliphatic hydroxyl groups excluding tert-OH is 1. The van der Waals surface area contributed by atoms with Crippen LogP contribution in [0.25, 0.3) is 10.8 Å². The van der Waals surface area contributed by atoms with E-state index < -0.39 is 7.53 Å². The molecule has 0 spiro atoms. The zero-order valence-electron chi connectivity index (χ0n) is 9.54. The number of nitrogens with two attached hydrogens (primary N) is 1. The Balaban J connectivity index is 2.05. The van der Waals surface area contributed by atoms with E-state index in [-0.39, 0.29) is 30.1 Å². The van der Waals surface area contributed by atoms with Crippen LogP contribution >= 0.6 is 7.53 Å². The Hall–Kier alpha value is -1.43. The Bertz CT molecular complexity index is 638. The molecule has 3 rings (SSSR count). The molecule has 0 amide bonds. The van der Waals surface area contributed by atoms with Crippen LogP contribution in [0.5, 0.6) is 0 Å². The van der Waals surface area contributed by atoms with E-state index in [1.54, 1.807) is 5.93 Å². The molecule has 96 valence electrons. The average Bonchev–Trinajstić information content (AvgIpc) is 2.93. The number of rotatable bonds is 2. The predicted molar refractivity (Wildman–Crippen MR) is 67.5 cm³/mol. The van der Waals surface area contributed by atoms with Crippen LogP contribution < -0.4 is 11.3 Å². The number of hydrogen-bond acceptors (Lipinski definition) is 6. The summed E-state index contributed by atoms with van der Waals surface area (Å²) in [4.78, 5) is 22.4. The van der Waals surface area contributed by atoms with Gasteiger partial charge in [0.2, 0.25) is 5.95 Å². The monoisotopic (exact) mass is 268 g/mol. The first-order valence-corrected chi connectivity index (χ1v) is 7.15. The van der Waals surface area contributed by atoms with Gasteiger partial charge in [-0.15, -0.1) is 0 Å². The Kier molecular flexibility index (Phi) is 2.81. The highest BCUT2D eigenvalue weighted by Crippen LogP contribution is 2.51. The highest BCUT2D eigenvalue weighted by atomic mass is 31.1. The molecular weight excluding hydrogens is 255 g/mol. The number of nitrogens with one attached hydrogen (secondary N) is 1. The van der Waals surface area contributed by atoms with E-state index in [9.17, 15) is 4.79 Å². The molecular formula is C10H13N4O3P. The van der Waals surface area contributed by atoms with Crippen LogP contribution in [0.2, 0.25) is 0 Å². The van der Waals surface area contributed by atoms with Gasteiger partial charge in [-0.1, -0.05) is 0 Å². The second-order valence-corrected chi connectivity index (χ2v) is 6.29. The summed E-state index contributed by atoms with van der Waals surface area (Å²) >= 11 is 0. The molecule has 1 saturated heterocycles. The molecule has 3 heterocycles. The smallest absolute Gasteiger partial charge is 0.279 e. The Morgan fingerprint density at radius 2 is 2.44 bits per heavy atom. The lowest BCUT2D eigenvalue weighted by Gasteiger charge is -2.11. The van der Waals surface area contributed by atoms with Crippen LogP contribution in [0.1, 0.15) is 18.7 Å². The lowest BCUT2D eigenvalue weighted by atomic mass is 10.2. The third-order valence-electron chi connectivity index (χ3n) is 3.05. The van der Waals surface area contributed by atoms with Crippen molar-refractivity contribution in [3.8, 4) is 0 Å². The zero-order valence-corrected chi connectivity index (χ0v) is 10.4. The van der Waals surface area contributed by atoms with Gasteiger partial charge in [-0.2, -0.15) is 0 Å². The fourth-order valence-corrected chi connectivity index (χ4v) is 4.31. The number of nitrogens with zero attached hydrogens (tertiary/aromatic N) is 2. The molecule has 0 aliphatic carbocycles. The maximum Gasteiger partial charge on any atom is 0.279 e. The van der Waals surface area contributed by atoms with Crippen molar-refractivity contribution >= 4 is 24.2 Å². The molecule has 0 aromatic carbocycles. The fraction of sp³-hybridized carbons (Fsp3) is 0.500. The number of ether oxygens (including phenoxy) is 1. The summed E-state index contributed by atoms with van der Waals surface area (Å²) in [7, 11) is -0.863. The van der Waals surface area contributed by atoms with Crippen LogP contribution in [-0.4, -0.2) is 32.8 Å². The summed E-state index contributed by atoms with van der Waals surface area (Å²) in [5.41, 5.74) is 5.58. The van der Waals surface area contributed by atoms with E-state index in [4.69, 9.17) is 15.6 Å². The standard InChI is InChI=1S/C10H13N4O3P/c11-10-13-8(16)7-9(14-10)18(4-12-7)6-2-1-5(3-15)17-6/h4-6,15H,1-3H2,(H3,11,13,14,16). The molecule has 3 atom stereocenters. The quantitative estimate of drug-likeness (QED) is 0.733. The zero-order chi connectivity index (χ0) is 12.7. The van der Waals surface area contributed by atoms with Crippen molar-refractivity contribution in [2.75, 3.05) is 12.3 Å². The highest BCUT2D eigenvalue weighted by Gasteiger charge is 2.28. The number of nitrogen functional groups attached to an aromatic ring is 1. The van der Waals surface area contributed by atoms with Gasteiger partial charge < -0.3 is 15.6 Å². The second kappa shape index (κ2) is 4.35. The summed E-state index contributed by atoms with van der Waals surface area (Å²) in [6, 6.07) is 0. The number of anilines is 1. The van der Waals surface area contributed by atoms with Gasteiger partial charge in [0.1, 0.15) is 5.25 Å². The lowest BCUT2D eigenvalue weighted by Crippen LogP contribution is -2.11. The predicted octanol–water partition coefficient (Wildman–Crippen LogP) is 0.557. The van der Waals surface area contributed by atoms with E-state index in [0.717, 1.165) is 12.8 Å². The van der Waals surface area contributed by atoms with Crippen LogP contribution in [0, 0.1) is 0 Å². The largest absolute Gasteiger partial charge is 0.394 e. The van der Waals surface area contributed by atoms with Crippen molar-refractivity contribution in [3.63, 3.8) is 0 Å². The number of aromatic nitrogens is 3.